The normalized spacial score (nSPS) is 34.4. The summed E-state index contributed by atoms with van der Waals surface area (Å²) in [6.45, 7) is 7.74. The van der Waals surface area contributed by atoms with Gasteiger partial charge in [0.15, 0.2) is 23.5 Å². The van der Waals surface area contributed by atoms with Crippen LogP contribution < -0.4 is 5.73 Å². The molecule has 2 aromatic rings. The van der Waals surface area contributed by atoms with E-state index in [1.54, 1.807) is 10.9 Å². The zero-order valence-electron chi connectivity index (χ0n) is 11.8. The third-order valence-electron chi connectivity index (χ3n) is 3.79. The van der Waals surface area contributed by atoms with Gasteiger partial charge in [0.1, 0.15) is 24.1 Å². The second-order valence-corrected chi connectivity index (χ2v) is 5.71. The zero-order valence-corrected chi connectivity index (χ0v) is 11.8. The van der Waals surface area contributed by atoms with Gasteiger partial charge >= 0.3 is 0 Å². The number of ether oxygens (including phenoxy) is 3. The Hall–Kier alpha value is -1.77. The summed E-state index contributed by atoms with van der Waals surface area (Å²) in [6.07, 6.45) is 1.82. The van der Waals surface area contributed by atoms with Crippen molar-refractivity contribution in [2.45, 2.75) is 44.2 Å². The molecule has 8 nitrogen and oxygen atoms in total. The van der Waals surface area contributed by atoms with Crippen LogP contribution in [-0.4, -0.2) is 43.6 Å². The van der Waals surface area contributed by atoms with Gasteiger partial charge in [-0.1, -0.05) is 0 Å². The van der Waals surface area contributed by atoms with Crippen molar-refractivity contribution in [3.63, 3.8) is 0 Å². The van der Waals surface area contributed by atoms with Crippen LogP contribution in [0.1, 0.15) is 20.1 Å². The minimum atomic E-state index is -0.655. The molecule has 0 bridgehead atoms. The van der Waals surface area contributed by atoms with Gasteiger partial charge in [0.25, 0.3) is 0 Å². The Morgan fingerprint density at radius 1 is 1.24 bits per heavy atom. The molecule has 0 saturated carbocycles. The average Bonchev–Trinajstić information content (AvgIpc) is 3.04. The van der Waals surface area contributed by atoms with Crippen LogP contribution >= 0.6 is 0 Å². The van der Waals surface area contributed by atoms with Crippen LogP contribution in [-0.2, 0) is 14.2 Å². The van der Waals surface area contributed by atoms with E-state index in [0.717, 1.165) is 0 Å². The van der Waals surface area contributed by atoms with Crippen molar-refractivity contribution in [1.29, 1.82) is 0 Å². The lowest BCUT2D eigenvalue weighted by molar-refractivity contribution is -0.191. The number of aromatic nitrogens is 4. The van der Waals surface area contributed by atoms with Gasteiger partial charge in [-0.25, -0.2) is 15.0 Å². The maximum atomic E-state index is 5.95. The fraction of sp³-hybridized carbons (Fsp3) is 0.538. The minimum absolute atomic E-state index is 0.221. The number of hydrogen-bond donors (Lipinski definition) is 1. The lowest BCUT2D eigenvalue weighted by atomic mass is 10.1. The number of nitrogens with two attached hydrogens (primary N) is 1. The van der Waals surface area contributed by atoms with Crippen LogP contribution in [0, 0.1) is 6.92 Å². The monoisotopic (exact) mass is 290 g/mol. The first-order valence-electron chi connectivity index (χ1n) is 6.73. The van der Waals surface area contributed by atoms with Gasteiger partial charge in [-0.05, 0) is 20.8 Å². The van der Waals surface area contributed by atoms with Crippen LogP contribution in [0.2, 0.25) is 0 Å². The first kappa shape index (κ1) is 12.9. The first-order valence-corrected chi connectivity index (χ1v) is 6.73. The standard InChI is InChI=1S/C13H16N5O3/c1-6-8-9(21-13(2,3)20-8)12(19-6)18-5-17-7-10(14)15-4-16-11(7)18/h4-6,8-9,12H,1H2,2-3H3,(H2,14,15,16)/t6-,8-,9+,12+/m0/s1. The maximum Gasteiger partial charge on any atom is 0.167 e. The molecule has 0 aliphatic carbocycles. The van der Waals surface area contributed by atoms with Crippen molar-refractivity contribution in [2.75, 3.05) is 5.73 Å². The zero-order chi connectivity index (χ0) is 14.8. The molecule has 0 unspecified atom stereocenters. The van der Waals surface area contributed by atoms with Crippen LogP contribution in [0.5, 0.6) is 0 Å². The van der Waals surface area contributed by atoms with E-state index in [2.05, 4.69) is 21.9 Å². The van der Waals surface area contributed by atoms with Crippen molar-refractivity contribution in [3.05, 3.63) is 19.6 Å². The van der Waals surface area contributed by atoms with E-state index in [1.165, 1.54) is 6.33 Å². The molecule has 1 radical (unpaired) electrons. The van der Waals surface area contributed by atoms with Gasteiger partial charge < -0.3 is 19.9 Å². The lowest BCUT2D eigenvalue weighted by Gasteiger charge is -2.23. The van der Waals surface area contributed by atoms with Crippen molar-refractivity contribution < 1.29 is 14.2 Å². The Bertz CT molecular complexity index is 700. The third kappa shape index (κ3) is 1.83. The second-order valence-electron chi connectivity index (χ2n) is 5.71. The molecule has 0 amide bonds. The first-order chi connectivity index (χ1) is 9.96. The number of imidazole rings is 1. The molecule has 8 heteroatoms. The molecule has 21 heavy (non-hydrogen) atoms. The summed E-state index contributed by atoms with van der Waals surface area (Å²) >= 11 is 0. The second kappa shape index (κ2) is 4.12. The van der Waals surface area contributed by atoms with Crippen LogP contribution in [0.15, 0.2) is 12.7 Å². The highest BCUT2D eigenvalue weighted by Gasteiger charge is 2.54. The molecular formula is C13H16N5O3. The van der Waals surface area contributed by atoms with E-state index < -0.39 is 12.0 Å². The van der Waals surface area contributed by atoms with E-state index in [1.807, 2.05) is 13.8 Å². The summed E-state index contributed by atoms with van der Waals surface area (Å²) in [5, 5.41) is 0. The molecule has 2 aromatic heterocycles. The number of nitrogens with zero attached hydrogens (tertiary/aromatic N) is 4. The van der Waals surface area contributed by atoms with Gasteiger partial charge in [-0.2, -0.15) is 0 Å². The summed E-state index contributed by atoms with van der Waals surface area (Å²) in [6, 6.07) is 0. The molecule has 0 aromatic carbocycles. The van der Waals surface area contributed by atoms with Crippen LogP contribution in [0.4, 0.5) is 5.82 Å². The fourth-order valence-electron chi connectivity index (χ4n) is 2.94. The number of anilines is 1. The largest absolute Gasteiger partial charge is 0.382 e. The molecule has 2 N–H and O–H groups in total. The number of fused-ring (bicyclic) bond motifs is 2. The summed E-state index contributed by atoms with van der Waals surface area (Å²) in [7, 11) is 0. The van der Waals surface area contributed by atoms with Crippen LogP contribution in [0.3, 0.4) is 0 Å². The Balaban J connectivity index is 1.77. The van der Waals surface area contributed by atoms with E-state index in [0.29, 0.717) is 17.0 Å². The SMILES string of the molecule is [CH2][C@@H]1O[C@@H](n2cnc3c(N)ncnc32)[C@@H]2OC(C)(C)O[C@H]21. The summed E-state index contributed by atoms with van der Waals surface area (Å²) in [4.78, 5) is 12.4. The van der Waals surface area contributed by atoms with Crippen molar-refractivity contribution in [2.24, 2.45) is 0 Å². The smallest absolute Gasteiger partial charge is 0.167 e. The molecule has 4 atom stereocenters. The van der Waals surface area contributed by atoms with Gasteiger partial charge in [-0.15, -0.1) is 0 Å². The van der Waals surface area contributed by atoms with Gasteiger partial charge in [0, 0.05) is 0 Å². The summed E-state index contributed by atoms with van der Waals surface area (Å²) in [5.41, 5.74) is 6.96. The van der Waals surface area contributed by atoms with Crippen LogP contribution in [0.25, 0.3) is 11.2 Å². The Kier molecular flexibility index (Phi) is 2.54. The third-order valence-corrected chi connectivity index (χ3v) is 3.79. The summed E-state index contributed by atoms with van der Waals surface area (Å²) in [5.74, 6) is -0.319. The molecule has 2 saturated heterocycles. The topological polar surface area (TPSA) is 97.3 Å². The molecule has 0 spiro atoms. The van der Waals surface area contributed by atoms with Crippen molar-refractivity contribution in [1.82, 2.24) is 19.5 Å². The average molecular weight is 290 g/mol. The lowest BCUT2D eigenvalue weighted by Crippen LogP contribution is -2.27. The molecule has 111 valence electrons. The number of hydrogen-bond acceptors (Lipinski definition) is 7. The Labute approximate surface area is 121 Å². The van der Waals surface area contributed by atoms with Crippen molar-refractivity contribution >= 4 is 17.0 Å². The van der Waals surface area contributed by atoms with Crippen molar-refractivity contribution in [3.8, 4) is 0 Å². The fourth-order valence-corrected chi connectivity index (χ4v) is 2.94. The molecular weight excluding hydrogens is 274 g/mol. The molecule has 2 aliphatic rings. The van der Waals surface area contributed by atoms with Gasteiger partial charge in [-0.3, -0.25) is 4.57 Å². The molecule has 2 fully saturated rings. The molecule has 2 aliphatic heterocycles. The van der Waals surface area contributed by atoms with E-state index >= 15 is 0 Å². The van der Waals surface area contributed by atoms with E-state index in [9.17, 15) is 0 Å². The van der Waals surface area contributed by atoms with Gasteiger partial charge in [0.05, 0.1) is 12.4 Å². The molecule has 4 rings (SSSR count). The quantitative estimate of drug-likeness (QED) is 0.823. The highest BCUT2D eigenvalue weighted by molar-refractivity contribution is 5.81. The van der Waals surface area contributed by atoms with E-state index in [-0.39, 0.29) is 18.3 Å². The Morgan fingerprint density at radius 3 is 2.81 bits per heavy atom. The maximum absolute atomic E-state index is 5.95. The minimum Gasteiger partial charge on any atom is -0.382 e. The van der Waals surface area contributed by atoms with Gasteiger partial charge in [0.2, 0.25) is 0 Å². The molecule has 4 heterocycles. The summed E-state index contributed by atoms with van der Waals surface area (Å²) < 4.78 is 19.5. The number of rotatable bonds is 1. The number of nitrogen functional groups attached to an aromatic ring is 1. The predicted octanol–water partition coefficient (Wildman–Crippen LogP) is 0.660. The predicted molar refractivity (Wildman–Crippen MR) is 72.8 cm³/mol. The highest BCUT2D eigenvalue weighted by Crippen LogP contribution is 2.43. The van der Waals surface area contributed by atoms with E-state index in [4.69, 9.17) is 19.9 Å². The Morgan fingerprint density at radius 2 is 2.00 bits per heavy atom. The highest BCUT2D eigenvalue weighted by atomic mass is 16.8.